The summed E-state index contributed by atoms with van der Waals surface area (Å²) in [6.45, 7) is 1.97. The van der Waals surface area contributed by atoms with Crippen molar-refractivity contribution in [3.8, 4) is 17.1 Å². The molecule has 76 valence electrons. The second-order valence-electron chi connectivity index (χ2n) is 3.36. The minimum atomic E-state index is -0.550. The number of hydrogen-bond acceptors (Lipinski definition) is 3. The fourth-order valence-corrected chi connectivity index (χ4v) is 1.32. The molecule has 2 aromatic rings. The van der Waals surface area contributed by atoms with Gasteiger partial charge in [-0.1, -0.05) is 29.8 Å². The highest BCUT2D eigenvalue weighted by atomic mass is 16.4. The molecule has 3 nitrogen and oxygen atoms in total. The van der Waals surface area contributed by atoms with Gasteiger partial charge in [-0.3, -0.25) is 0 Å². The lowest BCUT2D eigenvalue weighted by atomic mass is 10.1. The average molecular weight is 202 g/mol. The average Bonchev–Trinajstić information content (AvgIpc) is 2.17. The first kappa shape index (κ1) is 9.52. The minimum absolute atomic E-state index is 0.0816. The molecule has 0 aliphatic carbocycles. The van der Waals surface area contributed by atoms with Crippen molar-refractivity contribution >= 4 is 0 Å². The zero-order chi connectivity index (χ0) is 10.8. The van der Waals surface area contributed by atoms with Crippen molar-refractivity contribution in [2.75, 3.05) is 0 Å². The molecule has 0 atom stereocenters. The first-order chi connectivity index (χ1) is 7.15. The van der Waals surface area contributed by atoms with Crippen molar-refractivity contribution in [1.82, 2.24) is 0 Å². The summed E-state index contributed by atoms with van der Waals surface area (Å²) < 4.78 is 4.97. The van der Waals surface area contributed by atoms with Crippen molar-refractivity contribution < 1.29 is 9.52 Å². The van der Waals surface area contributed by atoms with E-state index in [0.717, 1.165) is 17.2 Å². The summed E-state index contributed by atoms with van der Waals surface area (Å²) in [7, 11) is 0. The van der Waals surface area contributed by atoms with E-state index >= 15 is 0 Å². The summed E-state index contributed by atoms with van der Waals surface area (Å²) in [5.41, 5.74) is 1.35. The van der Waals surface area contributed by atoms with Crippen LogP contribution in [0, 0.1) is 6.92 Å². The second-order valence-corrected chi connectivity index (χ2v) is 3.36. The molecule has 0 radical (unpaired) electrons. The van der Waals surface area contributed by atoms with Gasteiger partial charge in [0.1, 0.15) is 11.5 Å². The van der Waals surface area contributed by atoms with Gasteiger partial charge in [0.05, 0.1) is 6.07 Å². The molecule has 0 aliphatic rings. The molecule has 0 fully saturated rings. The maximum atomic E-state index is 11.0. The number of aromatic hydroxyl groups is 1. The van der Waals surface area contributed by atoms with Crippen LogP contribution in [0.1, 0.15) is 5.56 Å². The van der Waals surface area contributed by atoms with Gasteiger partial charge >= 0.3 is 5.63 Å². The Labute approximate surface area is 86.6 Å². The van der Waals surface area contributed by atoms with Gasteiger partial charge in [-0.05, 0) is 6.92 Å². The summed E-state index contributed by atoms with van der Waals surface area (Å²) in [4.78, 5) is 11.0. The molecule has 1 heterocycles. The Morgan fingerprint density at radius 2 is 1.80 bits per heavy atom. The van der Waals surface area contributed by atoms with Gasteiger partial charge < -0.3 is 9.52 Å². The van der Waals surface area contributed by atoms with Crippen LogP contribution in [0.4, 0.5) is 0 Å². The molecule has 0 amide bonds. The highest BCUT2D eigenvalue weighted by molar-refractivity contribution is 5.58. The van der Waals surface area contributed by atoms with Crippen LogP contribution in [-0.2, 0) is 0 Å². The van der Waals surface area contributed by atoms with E-state index in [0.29, 0.717) is 5.76 Å². The van der Waals surface area contributed by atoms with Crippen LogP contribution >= 0.6 is 0 Å². The van der Waals surface area contributed by atoms with Crippen LogP contribution in [0.15, 0.2) is 45.6 Å². The fourth-order valence-electron chi connectivity index (χ4n) is 1.32. The van der Waals surface area contributed by atoms with E-state index in [1.807, 2.05) is 31.2 Å². The Balaban J connectivity index is 2.54. The Kier molecular flexibility index (Phi) is 2.29. The van der Waals surface area contributed by atoms with Crippen molar-refractivity contribution in [3.63, 3.8) is 0 Å². The van der Waals surface area contributed by atoms with Gasteiger partial charge in [-0.25, -0.2) is 4.79 Å². The summed E-state index contributed by atoms with van der Waals surface area (Å²) in [5.74, 6) is 0.293. The molecule has 0 spiro atoms. The molecule has 0 unspecified atom stereocenters. The Morgan fingerprint density at radius 1 is 1.13 bits per heavy atom. The van der Waals surface area contributed by atoms with Gasteiger partial charge in [-0.2, -0.15) is 0 Å². The number of benzene rings is 1. The normalized spacial score (nSPS) is 10.2. The molecule has 0 bridgehead atoms. The highest BCUT2D eigenvalue weighted by Gasteiger charge is 2.03. The SMILES string of the molecule is Cc1ccc(-c2cc(O)cc(=O)o2)cc1. The smallest absolute Gasteiger partial charge is 0.339 e. The maximum Gasteiger partial charge on any atom is 0.339 e. The van der Waals surface area contributed by atoms with Crippen molar-refractivity contribution in [3.05, 3.63) is 52.4 Å². The summed E-state index contributed by atoms with van der Waals surface area (Å²) >= 11 is 0. The lowest BCUT2D eigenvalue weighted by molar-refractivity contribution is 0.453. The van der Waals surface area contributed by atoms with Crippen LogP contribution in [0.25, 0.3) is 11.3 Å². The van der Waals surface area contributed by atoms with Crippen LogP contribution < -0.4 is 5.63 Å². The van der Waals surface area contributed by atoms with Crippen LogP contribution in [0.2, 0.25) is 0 Å². The predicted octanol–water partition coefficient (Wildman–Crippen LogP) is 2.32. The first-order valence-electron chi connectivity index (χ1n) is 4.56. The van der Waals surface area contributed by atoms with Gasteiger partial charge in [0.25, 0.3) is 0 Å². The monoisotopic (exact) mass is 202 g/mol. The molecule has 3 heteroatoms. The van der Waals surface area contributed by atoms with Crippen LogP contribution in [0.3, 0.4) is 0 Å². The number of hydrogen-bond donors (Lipinski definition) is 1. The third-order valence-electron chi connectivity index (χ3n) is 2.09. The van der Waals surface area contributed by atoms with E-state index in [2.05, 4.69) is 0 Å². The summed E-state index contributed by atoms with van der Waals surface area (Å²) in [5, 5.41) is 9.25. The van der Waals surface area contributed by atoms with Crippen molar-refractivity contribution in [1.29, 1.82) is 0 Å². The number of rotatable bonds is 1. The van der Waals surface area contributed by atoms with Crippen molar-refractivity contribution in [2.24, 2.45) is 0 Å². The molecule has 0 saturated carbocycles. The van der Waals surface area contributed by atoms with E-state index < -0.39 is 5.63 Å². The van der Waals surface area contributed by atoms with E-state index in [9.17, 15) is 9.90 Å². The Morgan fingerprint density at radius 3 is 2.40 bits per heavy atom. The molecule has 1 N–H and O–H groups in total. The maximum absolute atomic E-state index is 11.0. The minimum Gasteiger partial charge on any atom is -0.508 e. The summed E-state index contributed by atoms with van der Waals surface area (Å²) in [6.07, 6.45) is 0. The van der Waals surface area contributed by atoms with Crippen LogP contribution in [-0.4, -0.2) is 5.11 Å². The third kappa shape index (κ3) is 2.07. The van der Waals surface area contributed by atoms with Gasteiger partial charge in [0.2, 0.25) is 0 Å². The molecular weight excluding hydrogens is 192 g/mol. The largest absolute Gasteiger partial charge is 0.508 e. The molecular formula is C12H10O3. The zero-order valence-electron chi connectivity index (χ0n) is 8.23. The lowest BCUT2D eigenvalue weighted by Gasteiger charge is -2.00. The molecule has 15 heavy (non-hydrogen) atoms. The van der Waals surface area contributed by atoms with Gasteiger partial charge in [-0.15, -0.1) is 0 Å². The highest BCUT2D eigenvalue weighted by Crippen LogP contribution is 2.21. The zero-order valence-corrected chi connectivity index (χ0v) is 8.23. The fraction of sp³-hybridized carbons (Fsp3) is 0.0833. The predicted molar refractivity (Wildman–Crippen MR) is 56.8 cm³/mol. The van der Waals surface area contributed by atoms with E-state index in [1.165, 1.54) is 6.07 Å². The molecule has 1 aromatic heterocycles. The molecule has 0 saturated heterocycles. The topological polar surface area (TPSA) is 50.4 Å². The van der Waals surface area contributed by atoms with E-state index in [1.54, 1.807) is 0 Å². The lowest BCUT2D eigenvalue weighted by Crippen LogP contribution is -1.96. The standard InChI is InChI=1S/C12H10O3/c1-8-2-4-9(5-3-8)11-6-10(13)7-12(14)15-11/h2-7,13H,1H3. The second kappa shape index (κ2) is 3.61. The van der Waals surface area contributed by atoms with Crippen LogP contribution in [0.5, 0.6) is 5.75 Å². The van der Waals surface area contributed by atoms with E-state index in [4.69, 9.17) is 4.42 Å². The van der Waals surface area contributed by atoms with Gasteiger partial charge in [0, 0.05) is 11.6 Å². The molecule has 2 rings (SSSR count). The molecule has 0 aliphatic heterocycles. The number of aryl methyl sites for hydroxylation is 1. The quantitative estimate of drug-likeness (QED) is 0.772. The van der Waals surface area contributed by atoms with E-state index in [-0.39, 0.29) is 5.75 Å². The Hall–Kier alpha value is -2.03. The summed E-state index contributed by atoms with van der Waals surface area (Å²) in [6, 6.07) is 9.97. The van der Waals surface area contributed by atoms with Gasteiger partial charge in [0.15, 0.2) is 0 Å². The Bertz CT molecular complexity index is 523. The first-order valence-corrected chi connectivity index (χ1v) is 4.56. The molecule has 1 aromatic carbocycles. The third-order valence-corrected chi connectivity index (χ3v) is 2.09. The van der Waals surface area contributed by atoms with Crippen molar-refractivity contribution in [2.45, 2.75) is 6.92 Å².